The number of aryl methyl sites for hydroxylation is 1. The van der Waals surface area contributed by atoms with Gasteiger partial charge in [-0.05, 0) is 25.8 Å². The number of amides is 1. The van der Waals surface area contributed by atoms with Gasteiger partial charge in [0.05, 0.1) is 11.6 Å². The number of rotatable bonds is 5. The van der Waals surface area contributed by atoms with E-state index in [0.717, 1.165) is 12.0 Å². The van der Waals surface area contributed by atoms with Crippen LogP contribution in [0.15, 0.2) is 12.4 Å². The number of hydrogen-bond acceptors (Lipinski definition) is 3. The van der Waals surface area contributed by atoms with E-state index in [1.165, 1.54) is 0 Å². The van der Waals surface area contributed by atoms with Crippen LogP contribution in [-0.4, -0.2) is 28.8 Å². The maximum absolute atomic E-state index is 11.7. The number of carbonyl (C=O) groups excluding carboxylic acids is 1. The zero-order valence-electron chi connectivity index (χ0n) is 10.2. The Morgan fingerprint density at radius 3 is 2.81 bits per heavy atom. The summed E-state index contributed by atoms with van der Waals surface area (Å²) < 4.78 is 1.75. The van der Waals surface area contributed by atoms with Crippen LogP contribution in [-0.2, 0) is 18.3 Å². The van der Waals surface area contributed by atoms with Gasteiger partial charge in [0.25, 0.3) is 0 Å². The third-order valence-electron chi connectivity index (χ3n) is 2.58. The molecule has 5 heteroatoms. The highest BCUT2D eigenvalue weighted by atomic mass is 16.2. The Morgan fingerprint density at radius 2 is 2.31 bits per heavy atom. The first-order valence-corrected chi connectivity index (χ1v) is 5.41. The highest BCUT2D eigenvalue weighted by Crippen LogP contribution is 2.11. The van der Waals surface area contributed by atoms with Gasteiger partial charge >= 0.3 is 0 Å². The fourth-order valence-electron chi connectivity index (χ4n) is 1.25. The van der Waals surface area contributed by atoms with Crippen molar-refractivity contribution in [2.24, 2.45) is 18.2 Å². The van der Waals surface area contributed by atoms with Crippen LogP contribution in [0, 0.1) is 5.41 Å². The normalized spacial score (nSPS) is 11.5. The lowest BCUT2D eigenvalue weighted by atomic mass is 9.93. The van der Waals surface area contributed by atoms with Crippen molar-refractivity contribution in [1.82, 2.24) is 15.1 Å². The smallest absolute Gasteiger partial charge is 0.226 e. The van der Waals surface area contributed by atoms with Crippen molar-refractivity contribution in [2.45, 2.75) is 20.3 Å². The second kappa shape index (κ2) is 5.12. The molecule has 0 unspecified atom stereocenters. The van der Waals surface area contributed by atoms with Crippen LogP contribution in [0.3, 0.4) is 0 Å². The molecule has 1 amide bonds. The molecular formula is C11H20N4O. The minimum absolute atomic E-state index is 0.00103. The van der Waals surface area contributed by atoms with Crippen LogP contribution < -0.4 is 11.1 Å². The second-order valence-electron chi connectivity index (χ2n) is 4.62. The van der Waals surface area contributed by atoms with Crippen molar-refractivity contribution in [3.05, 3.63) is 18.0 Å². The summed E-state index contributed by atoms with van der Waals surface area (Å²) in [6, 6.07) is 0. The Balaban J connectivity index is 2.33. The van der Waals surface area contributed by atoms with E-state index in [9.17, 15) is 4.79 Å². The zero-order chi connectivity index (χ0) is 12.2. The molecule has 1 aromatic rings. The highest BCUT2D eigenvalue weighted by Gasteiger charge is 2.24. The number of nitrogens with two attached hydrogens (primary N) is 1. The molecule has 0 aliphatic carbocycles. The van der Waals surface area contributed by atoms with E-state index in [-0.39, 0.29) is 5.91 Å². The van der Waals surface area contributed by atoms with Crippen molar-refractivity contribution in [3.63, 3.8) is 0 Å². The van der Waals surface area contributed by atoms with E-state index < -0.39 is 5.41 Å². The molecule has 5 nitrogen and oxygen atoms in total. The Labute approximate surface area is 96.0 Å². The molecule has 16 heavy (non-hydrogen) atoms. The average Bonchev–Trinajstić information content (AvgIpc) is 2.64. The van der Waals surface area contributed by atoms with Crippen LogP contribution in [0.2, 0.25) is 0 Å². The third kappa shape index (κ3) is 3.34. The fraction of sp³-hybridized carbons (Fsp3) is 0.636. The molecule has 3 N–H and O–H groups in total. The standard InChI is InChI=1S/C11H20N4O/c1-11(2,8-12)10(16)13-5-4-9-6-14-15(3)7-9/h6-7H,4-5,8,12H2,1-3H3,(H,13,16). The van der Waals surface area contributed by atoms with E-state index in [0.29, 0.717) is 13.1 Å². The number of aromatic nitrogens is 2. The predicted octanol–water partition coefficient (Wildman–Crippen LogP) is 0.0637. The summed E-state index contributed by atoms with van der Waals surface area (Å²) in [7, 11) is 1.87. The molecule has 0 saturated carbocycles. The summed E-state index contributed by atoms with van der Waals surface area (Å²) in [4.78, 5) is 11.7. The van der Waals surface area contributed by atoms with Gasteiger partial charge in [0.1, 0.15) is 0 Å². The second-order valence-corrected chi connectivity index (χ2v) is 4.62. The summed E-state index contributed by atoms with van der Waals surface area (Å²) in [5.74, 6) is -0.00103. The summed E-state index contributed by atoms with van der Waals surface area (Å²) in [5, 5.41) is 6.94. The molecule has 0 bridgehead atoms. The molecule has 1 rings (SSSR count). The maximum atomic E-state index is 11.7. The lowest BCUT2D eigenvalue weighted by Crippen LogP contribution is -2.42. The minimum Gasteiger partial charge on any atom is -0.355 e. The Morgan fingerprint density at radius 1 is 1.62 bits per heavy atom. The minimum atomic E-state index is -0.491. The van der Waals surface area contributed by atoms with E-state index in [4.69, 9.17) is 5.73 Å². The van der Waals surface area contributed by atoms with Crippen molar-refractivity contribution >= 4 is 5.91 Å². The highest BCUT2D eigenvalue weighted by molar-refractivity contribution is 5.81. The molecule has 0 radical (unpaired) electrons. The lowest BCUT2D eigenvalue weighted by Gasteiger charge is -2.21. The van der Waals surface area contributed by atoms with Gasteiger partial charge in [0.15, 0.2) is 0 Å². The molecule has 0 aliphatic heterocycles. The largest absolute Gasteiger partial charge is 0.355 e. The van der Waals surface area contributed by atoms with Crippen molar-refractivity contribution in [2.75, 3.05) is 13.1 Å². The summed E-state index contributed by atoms with van der Waals surface area (Å²) in [6.07, 6.45) is 4.54. The van der Waals surface area contributed by atoms with E-state index in [1.54, 1.807) is 10.9 Å². The molecule has 0 aromatic carbocycles. The maximum Gasteiger partial charge on any atom is 0.226 e. The predicted molar refractivity (Wildman–Crippen MR) is 62.8 cm³/mol. The summed E-state index contributed by atoms with van der Waals surface area (Å²) >= 11 is 0. The monoisotopic (exact) mass is 224 g/mol. The van der Waals surface area contributed by atoms with Crippen LogP contribution in [0.5, 0.6) is 0 Å². The van der Waals surface area contributed by atoms with Gasteiger partial charge in [-0.2, -0.15) is 5.10 Å². The van der Waals surface area contributed by atoms with Crippen LogP contribution >= 0.6 is 0 Å². The van der Waals surface area contributed by atoms with Gasteiger partial charge in [-0.25, -0.2) is 0 Å². The average molecular weight is 224 g/mol. The lowest BCUT2D eigenvalue weighted by molar-refractivity contribution is -0.128. The van der Waals surface area contributed by atoms with Crippen LogP contribution in [0.25, 0.3) is 0 Å². The number of hydrogen-bond donors (Lipinski definition) is 2. The zero-order valence-corrected chi connectivity index (χ0v) is 10.2. The first kappa shape index (κ1) is 12.7. The Kier molecular flexibility index (Phi) is 4.06. The van der Waals surface area contributed by atoms with Gasteiger partial charge in [0, 0.05) is 26.3 Å². The van der Waals surface area contributed by atoms with Crippen molar-refractivity contribution < 1.29 is 4.79 Å². The molecule has 0 saturated heterocycles. The SMILES string of the molecule is Cn1cc(CCNC(=O)C(C)(C)CN)cn1. The molecule has 0 atom stereocenters. The molecule has 90 valence electrons. The molecule has 0 spiro atoms. The van der Waals surface area contributed by atoms with Crippen LogP contribution in [0.1, 0.15) is 19.4 Å². The molecule has 1 heterocycles. The van der Waals surface area contributed by atoms with Crippen LogP contribution in [0.4, 0.5) is 0 Å². The van der Waals surface area contributed by atoms with Crippen molar-refractivity contribution in [1.29, 1.82) is 0 Å². The summed E-state index contributed by atoms with van der Waals surface area (Å²) in [5.41, 5.74) is 6.15. The molecule has 0 fully saturated rings. The Bertz CT molecular complexity index is 357. The van der Waals surface area contributed by atoms with Gasteiger partial charge in [-0.1, -0.05) is 0 Å². The molecule has 1 aromatic heterocycles. The first-order chi connectivity index (χ1) is 7.45. The third-order valence-corrected chi connectivity index (χ3v) is 2.58. The van der Waals surface area contributed by atoms with Gasteiger partial charge in [-0.15, -0.1) is 0 Å². The molecule has 0 aliphatic rings. The van der Waals surface area contributed by atoms with Gasteiger partial charge in [-0.3, -0.25) is 9.48 Å². The quantitative estimate of drug-likeness (QED) is 0.743. The Hall–Kier alpha value is -1.36. The fourth-order valence-corrected chi connectivity index (χ4v) is 1.25. The molecular weight excluding hydrogens is 204 g/mol. The first-order valence-electron chi connectivity index (χ1n) is 5.41. The van der Waals surface area contributed by atoms with E-state index >= 15 is 0 Å². The van der Waals surface area contributed by atoms with Gasteiger partial charge in [0.2, 0.25) is 5.91 Å². The number of carbonyl (C=O) groups is 1. The summed E-state index contributed by atoms with van der Waals surface area (Å²) in [6.45, 7) is 4.65. The van der Waals surface area contributed by atoms with Gasteiger partial charge < -0.3 is 11.1 Å². The van der Waals surface area contributed by atoms with E-state index in [2.05, 4.69) is 10.4 Å². The van der Waals surface area contributed by atoms with E-state index in [1.807, 2.05) is 27.1 Å². The van der Waals surface area contributed by atoms with Crippen molar-refractivity contribution in [3.8, 4) is 0 Å². The number of nitrogens with one attached hydrogen (secondary N) is 1. The topological polar surface area (TPSA) is 72.9 Å². The number of nitrogens with zero attached hydrogens (tertiary/aromatic N) is 2.